The average molecular weight is 450 g/mol. The van der Waals surface area contributed by atoms with Gasteiger partial charge in [0.25, 0.3) is 0 Å². The van der Waals surface area contributed by atoms with Gasteiger partial charge in [-0.25, -0.2) is 9.78 Å². The number of ether oxygens (including phenoxy) is 1. The highest BCUT2D eigenvalue weighted by Gasteiger charge is 2.31. The second-order valence-electron chi connectivity index (χ2n) is 6.31. The van der Waals surface area contributed by atoms with Crippen molar-refractivity contribution < 1.29 is 27.1 Å². The van der Waals surface area contributed by atoms with Crippen LogP contribution >= 0.6 is 11.3 Å². The molecule has 160 valence electrons. The summed E-state index contributed by atoms with van der Waals surface area (Å²) in [4.78, 5) is 33.9. The van der Waals surface area contributed by atoms with Gasteiger partial charge >= 0.3 is 12.1 Å². The highest BCUT2D eigenvalue weighted by atomic mass is 32.1. The summed E-state index contributed by atoms with van der Waals surface area (Å²) in [6.45, 7) is 1.40. The summed E-state index contributed by atoms with van der Waals surface area (Å²) in [7, 11) is 0. The number of hydrogen-bond donors (Lipinski definition) is 1. The van der Waals surface area contributed by atoms with Crippen molar-refractivity contribution in [3.63, 3.8) is 0 Å². The molecule has 1 amide bonds. The summed E-state index contributed by atoms with van der Waals surface area (Å²) in [5.41, 5.74) is 0.292. The molecule has 0 atom stereocenters. The number of carbonyl (C=O) groups excluding carboxylic acids is 1. The van der Waals surface area contributed by atoms with Crippen molar-refractivity contribution in [1.29, 1.82) is 0 Å². The zero-order valence-electron chi connectivity index (χ0n) is 15.8. The molecule has 12 heteroatoms. The predicted molar refractivity (Wildman–Crippen MR) is 106 cm³/mol. The molecule has 8 nitrogen and oxygen atoms in total. The van der Waals surface area contributed by atoms with Crippen molar-refractivity contribution in [1.82, 2.24) is 14.5 Å². The highest BCUT2D eigenvalue weighted by molar-refractivity contribution is 7.18. The van der Waals surface area contributed by atoms with Crippen molar-refractivity contribution in [2.75, 3.05) is 5.32 Å². The van der Waals surface area contributed by atoms with Gasteiger partial charge in [-0.1, -0.05) is 0 Å². The average Bonchev–Trinajstić information content (AvgIpc) is 3.34. The number of rotatable bonds is 5. The number of furan rings is 1. The Balaban J connectivity index is 1.57. The summed E-state index contributed by atoms with van der Waals surface area (Å²) in [5, 5.41) is 3.19. The first kappa shape index (κ1) is 20.6. The van der Waals surface area contributed by atoms with Crippen LogP contribution in [0.15, 0.2) is 51.9 Å². The normalized spacial score (nSPS) is 11.6. The smallest absolute Gasteiger partial charge is 0.463 e. The lowest BCUT2D eigenvalue weighted by atomic mass is 10.3. The van der Waals surface area contributed by atoms with Crippen LogP contribution in [0.4, 0.5) is 18.9 Å². The lowest BCUT2D eigenvalue weighted by molar-refractivity contribution is -0.274. The zero-order chi connectivity index (χ0) is 22.2. The molecule has 0 spiro atoms. The van der Waals surface area contributed by atoms with Crippen LogP contribution in [0.25, 0.3) is 21.8 Å². The van der Waals surface area contributed by atoms with Gasteiger partial charge in [0.2, 0.25) is 5.91 Å². The second-order valence-corrected chi connectivity index (χ2v) is 7.50. The second kappa shape index (κ2) is 7.87. The summed E-state index contributed by atoms with van der Waals surface area (Å²) in [5.74, 6) is -0.599. The molecule has 31 heavy (non-hydrogen) atoms. The molecule has 3 aromatic heterocycles. The van der Waals surface area contributed by atoms with Crippen molar-refractivity contribution in [2.24, 2.45) is 0 Å². The molecule has 0 aliphatic carbocycles. The monoisotopic (exact) mass is 450 g/mol. The van der Waals surface area contributed by atoms with Gasteiger partial charge in [-0.05, 0) is 43.3 Å². The lowest BCUT2D eigenvalue weighted by Gasteiger charge is -2.11. The van der Waals surface area contributed by atoms with Gasteiger partial charge in [0, 0.05) is 5.69 Å². The first-order valence-electron chi connectivity index (χ1n) is 8.77. The van der Waals surface area contributed by atoms with Crippen molar-refractivity contribution in [3.8, 4) is 17.2 Å². The highest BCUT2D eigenvalue weighted by Crippen LogP contribution is 2.29. The van der Waals surface area contributed by atoms with Crippen LogP contribution < -0.4 is 15.7 Å². The number of aromatic nitrogens is 3. The van der Waals surface area contributed by atoms with Gasteiger partial charge < -0.3 is 14.5 Å². The summed E-state index contributed by atoms with van der Waals surface area (Å²) in [6.07, 6.45) is -3.36. The molecule has 4 aromatic rings. The minimum Gasteiger partial charge on any atom is -0.463 e. The number of nitrogens with zero attached hydrogens (tertiary/aromatic N) is 3. The summed E-state index contributed by atoms with van der Waals surface area (Å²) in [6, 6.07) is 7.96. The van der Waals surface area contributed by atoms with Crippen molar-refractivity contribution in [3.05, 3.63) is 58.2 Å². The number of aryl methyl sites for hydroxylation is 1. The maximum Gasteiger partial charge on any atom is 0.573 e. The van der Waals surface area contributed by atoms with Crippen LogP contribution in [0.2, 0.25) is 0 Å². The first-order chi connectivity index (χ1) is 14.7. The number of nitrogens with one attached hydrogen (secondary N) is 1. The van der Waals surface area contributed by atoms with E-state index < -0.39 is 23.7 Å². The fourth-order valence-electron chi connectivity index (χ4n) is 2.86. The molecule has 0 radical (unpaired) electrons. The number of halogens is 3. The molecular formula is C19H13F3N4O4S. The lowest BCUT2D eigenvalue weighted by Crippen LogP contribution is -2.29. The Morgan fingerprint density at radius 3 is 2.61 bits per heavy atom. The maximum atomic E-state index is 12.6. The molecule has 0 unspecified atom stereocenters. The quantitative estimate of drug-likeness (QED) is 0.494. The predicted octanol–water partition coefficient (Wildman–Crippen LogP) is 3.96. The van der Waals surface area contributed by atoms with E-state index in [-0.39, 0.29) is 17.9 Å². The van der Waals surface area contributed by atoms with Gasteiger partial charge in [0.15, 0.2) is 5.76 Å². The Morgan fingerprint density at radius 1 is 1.23 bits per heavy atom. The Bertz CT molecular complexity index is 1290. The molecule has 0 aliphatic heterocycles. The topological polar surface area (TPSA) is 99.3 Å². The van der Waals surface area contributed by atoms with E-state index in [1.54, 1.807) is 19.1 Å². The minimum absolute atomic E-state index is 0.240. The van der Waals surface area contributed by atoms with Crippen LogP contribution in [-0.4, -0.2) is 26.8 Å². The minimum atomic E-state index is -4.81. The maximum absolute atomic E-state index is 12.6. The number of carbonyl (C=O) groups is 1. The summed E-state index contributed by atoms with van der Waals surface area (Å²) < 4.78 is 47.0. The van der Waals surface area contributed by atoms with Gasteiger partial charge in [0.1, 0.15) is 28.3 Å². The van der Waals surface area contributed by atoms with E-state index in [9.17, 15) is 22.8 Å². The number of hydrogen-bond acceptors (Lipinski definition) is 7. The van der Waals surface area contributed by atoms with Crippen molar-refractivity contribution >= 4 is 33.3 Å². The number of anilines is 1. The third kappa shape index (κ3) is 4.58. The van der Waals surface area contributed by atoms with Crippen LogP contribution in [0.5, 0.6) is 5.75 Å². The largest absolute Gasteiger partial charge is 0.573 e. The van der Waals surface area contributed by atoms with E-state index in [1.807, 2.05) is 0 Å². The Morgan fingerprint density at radius 2 is 1.97 bits per heavy atom. The fourth-order valence-corrected chi connectivity index (χ4v) is 3.77. The van der Waals surface area contributed by atoms with E-state index in [4.69, 9.17) is 4.42 Å². The van der Waals surface area contributed by atoms with Gasteiger partial charge in [-0.2, -0.15) is 4.98 Å². The zero-order valence-corrected chi connectivity index (χ0v) is 16.6. The molecule has 0 fully saturated rings. The Hall–Kier alpha value is -3.67. The van der Waals surface area contributed by atoms with Crippen LogP contribution in [0.3, 0.4) is 0 Å². The number of amides is 1. The Labute approximate surface area is 175 Å². The molecule has 3 heterocycles. The fraction of sp³-hybridized carbons (Fsp3) is 0.158. The number of benzene rings is 1. The number of thiazole rings is 1. The van der Waals surface area contributed by atoms with Crippen LogP contribution in [0.1, 0.15) is 5.01 Å². The van der Waals surface area contributed by atoms with Gasteiger partial charge in [-0.15, -0.1) is 24.5 Å². The van der Waals surface area contributed by atoms with E-state index in [0.717, 1.165) is 12.1 Å². The van der Waals surface area contributed by atoms with E-state index in [0.29, 0.717) is 21.1 Å². The molecule has 1 aromatic carbocycles. The standard InChI is InChI=1S/C19H13F3N4O4S/c1-10-23-16-15(13-3-2-8-29-13)25-18(28)26(17(16)31-10)9-14(27)24-11-4-6-12(7-5-11)30-19(20,21)22/h2-8H,9H2,1H3,(H,24,27). The first-order valence-corrected chi connectivity index (χ1v) is 9.59. The van der Waals surface area contributed by atoms with Gasteiger partial charge in [0.05, 0.1) is 11.3 Å². The Kier molecular flexibility index (Phi) is 5.23. The van der Waals surface area contributed by atoms with E-state index in [1.165, 1.54) is 34.3 Å². The molecule has 0 bridgehead atoms. The molecule has 4 rings (SSSR count). The SMILES string of the molecule is Cc1nc2c(-c3ccco3)nc(=O)n(CC(=O)Nc3ccc(OC(F)(F)F)cc3)c2s1. The van der Waals surface area contributed by atoms with Gasteiger partial charge in [-0.3, -0.25) is 9.36 Å². The molecule has 0 aliphatic rings. The van der Waals surface area contributed by atoms with Crippen LogP contribution in [-0.2, 0) is 11.3 Å². The molecule has 0 saturated carbocycles. The third-order valence-electron chi connectivity index (χ3n) is 4.05. The molecular weight excluding hydrogens is 437 g/mol. The molecule has 1 N–H and O–H groups in total. The molecule has 0 saturated heterocycles. The van der Waals surface area contributed by atoms with Crippen molar-refractivity contribution in [2.45, 2.75) is 19.8 Å². The number of fused-ring (bicyclic) bond motifs is 1. The van der Waals surface area contributed by atoms with Crippen LogP contribution in [0, 0.1) is 6.92 Å². The summed E-state index contributed by atoms with van der Waals surface area (Å²) >= 11 is 1.23. The van der Waals surface area contributed by atoms with E-state index >= 15 is 0 Å². The third-order valence-corrected chi connectivity index (χ3v) is 5.05. The van der Waals surface area contributed by atoms with E-state index in [2.05, 4.69) is 20.0 Å². The number of alkyl halides is 3.